The van der Waals surface area contributed by atoms with Crippen LogP contribution in [0, 0.1) is 0 Å². The maximum absolute atomic E-state index is 12.5. The molecular weight excluding hydrogens is 298 g/mol. The van der Waals surface area contributed by atoms with E-state index in [1.54, 1.807) is 12.1 Å². The summed E-state index contributed by atoms with van der Waals surface area (Å²) >= 11 is 1.13. The molecule has 2 heterocycles. The predicted molar refractivity (Wildman–Crippen MR) is 78.3 cm³/mol. The fourth-order valence-electron chi connectivity index (χ4n) is 2.25. The van der Waals surface area contributed by atoms with E-state index < -0.39 is 10.0 Å². The van der Waals surface area contributed by atoms with Gasteiger partial charge in [-0.1, -0.05) is 6.92 Å². The summed E-state index contributed by atoms with van der Waals surface area (Å²) < 4.78 is 32.6. The van der Waals surface area contributed by atoms with Crippen LogP contribution in [0.2, 0.25) is 0 Å². The molecule has 2 rings (SSSR count). The highest BCUT2D eigenvalue weighted by Gasteiger charge is 2.31. The van der Waals surface area contributed by atoms with Crippen molar-refractivity contribution >= 4 is 21.4 Å². The van der Waals surface area contributed by atoms with Crippen LogP contribution in [-0.4, -0.2) is 43.6 Å². The maximum Gasteiger partial charge on any atom is 0.252 e. The first-order valence-electron chi connectivity index (χ1n) is 6.89. The van der Waals surface area contributed by atoms with Gasteiger partial charge in [0.2, 0.25) is 0 Å². The number of nitrogens with zero attached hydrogens (tertiary/aromatic N) is 1. The molecule has 0 radical (unpaired) electrons. The SMILES string of the molecule is CCCOC1CCCN(S(=O)(=O)c2ccc(CO)s2)C1. The number of thiophene rings is 1. The normalized spacial score (nSPS) is 21.2. The fraction of sp³-hybridized carbons (Fsp3) is 0.692. The lowest BCUT2D eigenvalue weighted by atomic mass is 10.1. The van der Waals surface area contributed by atoms with Crippen LogP contribution in [0.4, 0.5) is 0 Å². The van der Waals surface area contributed by atoms with Crippen LogP contribution in [0.25, 0.3) is 0 Å². The first-order chi connectivity index (χ1) is 9.57. The molecule has 0 bridgehead atoms. The van der Waals surface area contributed by atoms with Crippen LogP contribution in [0.3, 0.4) is 0 Å². The topological polar surface area (TPSA) is 66.8 Å². The molecule has 114 valence electrons. The molecule has 1 aliphatic rings. The van der Waals surface area contributed by atoms with Gasteiger partial charge in [0.15, 0.2) is 0 Å². The van der Waals surface area contributed by atoms with Crippen molar-refractivity contribution < 1.29 is 18.3 Å². The Labute approximate surface area is 124 Å². The van der Waals surface area contributed by atoms with E-state index in [0.29, 0.717) is 28.8 Å². The molecule has 5 nitrogen and oxygen atoms in total. The molecule has 1 aliphatic heterocycles. The lowest BCUT2D eigenvalue weighted by molar-refractivity contribution is 0.0194. The number of hydrogen-bond acceptors (Lipinski definition) is 5. The Morgan fingerprint density at radius 2 is 2.30 bits per heavy atom. The second kappa shape index (κ2) is 7.00. The molecule has 1 aromatic heterocycles. The first-order valence-corrected chi connectivity index (χ1v) is 9.15. The van der Waals surface area contributed by atoms with E-state index in [2.05, 4.69) is 0 Å². The summed E-state index contributed by atoms with van der Waals surface area (Å²) in [5.74, 6) is 0. The quantitative estimate of drug-likeness (QED) is 0.868. The van der Waals surface area contributed by atoms with Gasteiger partial charge in [0.05, 0.1) is 12.7 Å². The van der Waals surface area contributed by atoms with Gasteiger partial charge in [-0.25, -0.2) is 8.42 Å². The largest absolute Gasteiger partial charge is 0.391 e. The summed E-state index contributed by atoms with van der Waals surface area (Å²) in [6.07, 6.45) is 2.67. The molecule has 0 saturated carbocycles. The van der Waals surface area contributed by atoms with E-state index in [1.165, 1.54) is 4.31 Å². The predicted octanol–water partition coefficient (Wildman–Crippen LogP) is 1.82. The van der Waals surface area contributed by atoms with Crippen molar-refractivity contribution in [3.8, 4) is 0 Å². The molecular formula is C13H21NO4S2. The van der Waals surface area contributed by atoms with Gasteiger partial charge in [-0.15, -0.1) is 11.3 Å². The van der Waals surface area contributed by atoms with E-state index in [1.807, 2.05) is 6.92 Å². The van der Waals surface area contributed by atoms with E-state index in [-0.39, 0.29) is 12.7 Å². The second-order valence-corrected chi connectivity index (χ2v) is 8.21. The summed E-state index contributed by atoms with van der Waals surface area (Å²) in [6.45, 7) is 3.56. The van der Waals surface area contributed by atoms with Crippen molar-refractivity contribution in [2.24, 2.45) is 0 Å². The third-order valence-electron chi connectivity index (χ3n) is 3.29. The van der Waals surface area contributed by atoms with Crippen molar-refractivity contribution in [1.82, 2.24) is 4.31 Å². The highest BCUT2D eigenvalue weighted by atomic mass is 32.2. The summed E-state index contributed by atoms with van der Waals surface area (Å²) in [4.78, 5) is 0.666. The van der Waals surface area contributed by atoms with Crippen molar-refractivity contribution in [3.63, 3.8) is 0 Å². The molecule has 0 spiro atoms. The number of aliphatic hydroxyl groups excluding tert-OH is 1. The van der Waals surface area contributed by atoms with Crippen molar-refractivity contribution in [2.75, 3.05) is 19.7 Å². The zero-order chi connectivity index (χ0) is 14.6. The number of piperidine rings is 1. The molecule has 1 aromatic rings. The van der Waals surface area contributed by atoms with Gasteiger partial charge in [-0.2, -0.15) is 4.31 Å². The molecule has 1 saturated heterocycles. The number of sulfonamides is 1. The van der Waals surface area contributed by atoms with Gasteiger partial charge in [0.1, 0.15) is 4.21 Å². The van der Waals surface area contributed by atoms with E-state index in [0.717, 1.165) is 30.6 Å². The Kier molecular flexibility index (Phi) is 5.57. The lowest BCUT2D eigenvalue weighted by Gasteiger charge is -2.31. The Morgan fingerprint density at radius 1 is 1.50 bits per heavy atom. The number of rotatable bonds is 6. The first kappa shape index (κ1) is 15.9. The number of aliphatic hydroxyl groups is 1. The summed E-state index contributed by atoms with van der Waals surface area (Å²) in [7, 11) is -3.45. The van der Waals surface area contributed by atoms with Crippen LogP contribution < -0.4 is 0 Å². The van der Waals surface area contributed by atoms with Crippen molar-refractivity contribution in [3.05, 3.63) is 17.0 Å². The second-order valence-electron chi connectivity index (χ2n) is 4.88. The van der Waals surface area contributed by atoms with Gasteiger partial charge in [0.25, 0.3) is 10.0 Å². The molecule has 1 N–H and O–H groups in total. The van der Waals surface area contributed by atoms with Gasteiger partial charge in [-0.05, 0) is 31.4 Å². The van der Waals surface area contributed by atoms with Crippen LogP contribution in [-0.2, 0) is 21.4 Å². The zero-order valence-electron chi connectivity index (χ0n) is 11.6. The Bertz CT molecular complexity index is 526. The molecule has 1 unspecified atom stereocenters. The molecule has 0 aliphatic carbocycles. The van der Waals surface area contributed by atoms with E-state index in [9.17, 15) is 8.42 Å². The minimum atomic E-state index is -3.45. The summed E-state index contributed by atoms with van der Waals surface area (Å²) in [5, 5.41) is 9.05. The van der Waals surface area contributed by atoms with Crippen LogP contribution in [0.5, 0.6) is 0 Å². The molecule has 1 fully saturated rings. The van der Waals surface area contributed by atoms with E-state index >= 15 is 0 Å². The molecule has 7 heteroatoms. The molecule has 0 aromatic carbocycles. The lowest BCUT2D eigenvalue weighted by Crippen LogP contribution is -2.43. The average Bonchev–Trinajstić information content (AvgIpc) is 2.95. The van der Waals surface area contributed by atoms with Crippen LogP contribution in [0.15, 0.2) is 16.3 Å². The summed E-state index contributed by atoms with van der Waals surface area (Å²) in [5.41, 5.74) is 0. The monoisotopic (exact) mass is 319 g/mol. The molecule has 1 atom stereocenters. The third kappa shape index (κ3) is 3.59. The minimum absolute atomic E-state index is 0.00394. The molecule has 0 amide bonds. The van der Waals surface area contributed by atoms with Gasteiger partial charge in [0, 0.05) is 24.6 Å². The Morgan fingerprint density at radius 3 is 2.95 bits per heavy atom. The molecule has 20 heavy (non-hydrogen) atoms. The third-order valence-corrected chi connectivity index (χ3v) is 6.69. The number of hydrogen-bond donors (Lipinski definition) is 1. The maximum atomic E-state index is 12.5. The minimum Gasteiger partial charge on any atom is -0.391 e. The number of ether oxygens (including phenoxy) is 1. The van der Waals surface area contributed by atoms with Crippen molar-refractivity contribution in [1.29, 1.82) is 0 Å². The zero-order valence-corrected chi connectivity index (χ0v) is 13.3. The average molecular weight is 319 g/mol. The smallest absolute Gasteiger partial charge is 0.252 e. The van der Waals surface area contributed by atoms with Gasteiger partial charge < -0.3 is 9.84 Å². The Hall–Kier alpha value is -0.470. The Balaban J connectivity index is 2.08. The van der Waals surface area contributed by atoms with E-state index in [4.69, 9.17) is 9.84 Å². The standard InChI is InChI=1S/C13H21NO4S2/c1-2-8-18-11-4-3-7-14(9-11)20(16,17)13-6-5-12(10-15)19-13/h5-6,11,15H,2-4,7-10H2,1H3. The summed E-state index contributed by atoms with van der Waals surface area (Å²) in [6, 6.07) is 3.23. The van der Waals surface area contributed by atoms with Crippen LogP contribution in [0.1, 0.15) is 31.1 Å². The highest BCUT2D eigenvalue weighted by Crippen LogP contribution is 2.27. The van der Waals surface area contributed by atoms with Gasteiger partial charge in [-0.3, -0.25) is 0 Å². The van der Waals surface area contributed by atoms with Crippen molar-refractivity contribution in [2.45, 2.75) is 43.1 Å². The fourth-order valence-corrected chi connectivity index (χ4v) is 5.13. The van der Waals surface area contributed by atoms with Gasteiger partial charge >= 0.3 is 0 Å². The highest BCUT2D eigenvalue weighted by molar-refractivity contribution is 7.91. The van der Waals surface area contributed by atoms with Crippen LogP contribution >= 0.6 is 11.3 Å².